The molecular formula is C35H23N5O6S2. The van der Waals surface area contributed by atoms with Crippen LogP contribution in [0.25, 0.3) is 26.0 Å². The van der Waals surface area contributed by atoms with Gasteiger partial charge in [-0.05, 0) is 48.6 Å². The summed E-state index contributed by atoms with van der Waals surface area (Å²) >= 11 is 2.95. The number of fused-ring (bicyclic) bond motifs is 3. The predicted molar refractivity (Wildman–Crippen MR) is 183 cm³/mol. The van der Waals surface area contributed by atoms with Crippen LogP contribution in [0.5, 0.6) is 11.5 Å². The van der Waals surface area contributed by atoms with Gasteiger partial charge in [-0.3, -0.25) is 9.59 Å². The normalized spacial score (nSPS) is 19.7. The molecule has 3 N–H and O–H groups in total. The molecule has 0 unspecified atom stereocenters. The number of aromatic nitrogens is 2. The summed E-state index contributed by atoms with van der Waals surface area (Å²) in [5, 5.41) is 4.55. The molecule has 5 aromatic rings. The van der Waals surface area contributed by atoms with Gasteiger partial charge in [-0.2, -0.15) is 0 Å². The van der Waals surface area contributed by atoms with Gasteiger partial charge in [0.1, 0.15) is 32.1 Å². The topological polar surface area (TPSA) is 147 Å². The van der Waals surface area contributed by atoms with Crippen molar-refractivity contribution in [2.24, 2.45) is 10.7 Å². The second-order valence-corrected chi connectivity index (χ2v) is 13.1. The third-order valence-corrected chi connectivity index (χ3v) is 10.0. The van der Waals surface area contributed by atoms with E-state index in [9.17, 15) is 9.59 Å². The van der Waals surface area contributed by atoms with Crippen LogP contribution in [0.15, 0.2) is 106 Å². The molecule has 2 aliphatic carbocycles. The molecule has 236 valence electrons. The number of anilines is 2. The monoisotopic (exact) mass is 673 g/mol. The van der Waals surface area contributed by atoms with Crippen molar-refractivity contribution in [2.45, 2.75) is 0 Å². The third kappa shape index (κ3) is 4.58. The fourth-order valence-corrected chi connectivity index (χ4v) is 7.75. The maximum Gasteiger partial charge on any atom is 0.236 e. The molecule has 0 radical (unpaired) electrons. The number of hydrogen-bond donors (Lipinski definition) is 2. The fraction of sp³-hybridized carbons (Fsp3) is 0.114. The molecular weight excluding hydrogens is 651 g/mol. The van der Waals surface area contributed by atoms with E-state index in [2.05, 4.69) is 15.3 Å². The number of ether oxygens (including phenoxy) is 4. The van der Waals surface area contributed by atoms with E-state index in [-0.39, 0.29) is 30.1 Å². The van der Waals surface area contributed by atoms with E-state index in [0.29, 0.717) is 69.0 Å². The van der Waals surface area contributed by atoms with Gasteiger partial charge in [0, 0.05) is 11.1 Å². The van der Waals surface area contributed by atoms with Crippen molar-refractivity contribution >= 4 is 81.9 Å². The number of aliphatic imine (C=N–C) groups is 1. The first-order valence-electron chi connectivity index (χ1n) is 15.1. The summed E-state index contributed by atoms with van der Waals surface area (Å²) in [5.41, 5.74) is 10.3. The van der Waals surface area contributed by atoms with E-state index in [1.54, 1.807) is 24.3 Å². The number of nitrogens with zero attached hydrogens (tertiary/aromatic N) is 3. The lowest BCUT2D eigenvalue weighted by Crippen LogP contribution is -2.24. The number of para-hydroxylation sites is 2. The Morgan fingerprint density at radius 3 is 2.15 bits per heavy atom. The highest BCUT2D eigenvalue weighted by atomic mass is 32.1. The SMILES string of the molecule is NC1=C(c2ccc(Nc3nc4ccccc4s3)c3c2OCCO3)C(=O)C(=O)/C1=C1C=C/C(=N/c2nc3ccccc3s2)C2=C/1OCCO2. The summed E-state index contributed by atoms with van der Waals surface area (Å²) in [6.45, 7) is 1.10. The average molecular weight is 674 g/mol. The van der Waals surface area contributed by atoms with Crippen molar-refractivity contribution in [3.8, 4) is 11.5 Å². The lowest BCUT2D eigenvalue weighted by molar-refractivity contribution is -0.130. The Labute approximate surface area is 280 Å². The lowest BCUT2D eigenvalue weighted by atomic mass is 9.96. The molecule has 11 nitrogen and oxygen atoms in total. The Morgan fingerprint density at radius 1 is 0.708 bits per heavy atom. The molecule has 0 amide bonds. The Bertz CT molecular complexity index is 2330. The first kappa shape index (κ1) is 28.4. The van der Waals surface area contributed by atoms with Crippen LogP contribution in [0.4, 0.5) is 16.0 Å². The van der Waals surface area contributed by atoms with Crippen LogP contribution in [0.2, 0.25) is 0 Å². The first-order chi connectivity index (χ1) is 23.5. The minimum Gasteiger partial charge on any atom is -0.485 e. The smallest absolute Gasteiger partial charge is 0.236 e. The molecule has 0 saturated heterocycles. The molecule has 4 aliphatic rings. The van der Waals surface area contributed by atoms with E-state index >= 15 is 0 Å². The largest absolute Gasteiger partial charge is 0.485 e. The predicted octanol–water partition coefficient (Wildman–Crippen LogP) is 6.14. The van der Waals surface area contributed by atoms with E-state index in [1.165, 1.54) is 22.7 Å². The number of Topliss-reactive ketones (excluding diaryl/α,β-unsaturated/α-hetero) is 2. The van der Waals surface area contributed by atoms with Crippen LogP contribution in [0.1, 0.15) is 5.56 Å². The molecule has 0 bridgehead atoms. The van der Waals surface area contributed by atoms with Gasteiger partial charge in [0.2, 0.25) is 16.7 Å². The molecule has 2 aliphatic heterocycles. The second kappa shape index (κ2) is 11.2. The van der Waals surface area contributed by atoms with Crippen LogP contribution >= 0.6 is 22.7 Å². The molecule has 13 heteroatoms. The number of benzene rings is 3. The maximum atomic E-state index is 13.7. The molecule has 48 heavy (non-hydrogen) atoms. The van der Waals surface area contributed by atoms with Crippen molar-refractivity contribution in [2.75, 3.05) is 31.7 Å². The van der Waals surface area contributed by atoms with Gasteiger partial charge in [-0.25, -0.2) is 15.0 Å². The van der Waals surface area contributed by atoms with Gasteiger partial charge < -0.3 is 30.0 Å². The number of ketones is 2. The molecule has 0 saturated carbocycles. The second-order valence-electron chi connectivity index (χ2n) is 11.0. The highest BCUT2D eigenvalue weighted by Gasteiger charge is 2.42. The minimum absolute atomic E-state index is 0.0143. The number of hydrogen-bond acceptors (Lipinski definition) is 13. The molecule has 9 rings (SSSR count). The summed E-state index contributed by atoms with van der Waals surface area (Å²) in [6, 6.07) is 19.1. The zero-order chi connectivity index (χ0) is 32.4. The maximum absolute atomic E-state index is 13.7. The zero-order valence-corrected chi connectivity index (χ0v) is 26.6. The number of thiazole rings is 2. The quantitative estimate of drug-likeness (QED) is 0.168. The number of nitrogens with two attached hydrogens (primary N) is 1. The van der Waals surface area contributed by atoms with Gasteiger partial charge >= 0.3 is 0 Å². The zero-order valence-electron chi connectivity index (χ0n) is 24.9. The highest BCUT2D eigenvalue weighted by Crippen LogP contribution is 2.48. The van der Waals surface area contributed by atoms with Crippen LogP contribution in [0.3, 0.4) is 0 Å². The van der Waals surface area contributed by atoms with Crippen molar-refractivity contribution < 1.29 is 28.5 Å². The molecule has 0 atom stereocenters. The first-order valence-corrected chi connectivity index (χ1v) is 16.7. The molecule has 2 aromatic heterocycles. The number of carbonyl (C=O) groups excluding carboxylic acids is 2. The summed E-state index contributed by atoms with van der Waals surface area (Å²) in [4.78, 5) is 41.4. The fourth-order valence-electron chi connectivity index (χ4n) is 6.02. The van der Waals surface area contributed by atoms with E-state index in [1.807, 2.05) is 48.5 Å². The van der Waals surface area contributed by atoms with Gasteiger partial charge in [0.25, 0.3) is 0 Å². The Morgan fingerprint density at radius 2 is 1.38 bits per heavy atom. The minimum atomic E-state index is -0.753. The van der Waals surface area contributed by atoms with Gasteiger partial charge in [0.15, 0.2) is 28.1 Å². The summed E-state index contributed by atoms with van der Waals surface area (Å²) < 4.78 is 26.2. The van der Waals surface area contributed by atoms with Crippen LogP contribution < -0.4 is 20.5 Å². The van der Waals surface area contributed by atoms with Crippen LogP contribution in [-0.2, 0) is 19.1 Å². The average Bonchev–Trinajstić information content (AvgIpc) is 3.78. The van der Waals surface area contributed by atoms with Crippen LogP contribution in [0, 0.1) is 0 Å². The van der Waals surface area contributed by atoms with E-state index in [0.717, 1.165) is 20.4 Å². The highest BCUT2D eigenvalue weighted by molar-refractivity contribution is 7.22. The van der Waals surface area contributed by atoms with Gasteiger partial charge in [0.05, 0.1) is 43.0 Å². The summed E-state index contributed by atoms with van der Waals surface area (Å²) in [5.74, 6) is -0.134. The molecule has 0 fully saturated rings. The number of rotatable bonds is 4. The van der Waals surface area contributed by atoms with Crippen LogP contribution in [-0.4, -0.2) is 53.7 Å². The van der Waals surface area contributed by atoms with Crippen molar-refractivity contribution in [3.05, 3.63) is 107 Å². The Balaban J connectivity index is 1.12. The molecule has 0 spiro atoms. The van der Waals surface area contributed by atoms with Crippen molar-refractivity contribution in [1.29, 1.82) is 0 Å². The number of nitrogens with one attached hydrogen (secondary N) is 1. The standard InChI is InChI=1S/C35H23N5O6S2/c36-27-25(17-9-11-21(32-30(17)43-13-15-45-32)39-34-37-19-5-1-3-7-23(19)47-34)28(41)29(42)26(27)18-10-12-22(33-31(18)44-14-16-46-33)40-35-38-20-6-2-4-8-24(20)48-35/h1-12H,13-16,36H2,(H,37,39)/b26-18-,40-22-. The van der Waals surface area contributed by atoms with Gasteiger partial charge in [-0.15, -0.1) is 0 Å². The van der Waals surface area contributed by atoms with E-state index < -0.39 is 11.6 Å². The third-order valence-electron chi connectivity index (χ3n) is 8.13. The number of allylic oxidation sites excluding steroid dienone is 4. The molecule has 3 aromatic carbocycles. The Hall–Kier alpha value is -5.79. The Kier molecular flexibility index (Phi) is 6.62. The van der Waals surface area contributed by atoms with Crippen molar-refractivity contribution in [3.63, 3.8) is 0 Å². The van der Waals surface area contributed by atoms with Gasteiger partial charge in [-0.1, -0.05) is 46.9 Å². The van der Waals surface area contributed by atoms with Crippen molar-refractivity contribution in [1.82, 2.24) is 9.97 Å². The number of carbonyl (C=O) groups is 2. The van der Waals surface area contributed by atoms with E-state index in [4.69, 9.17) is 29.7 Å². The summed E-state index contributed by atoms with van der Waals surface area (Å²) in [7, 11) is 0. The lowest BCUT2D eigenvalue weighted by Gasteiger charge is -2.26. The molecule has 4 heterocycles. The summed E-state index contributed by atoms with van der Waals surface area (Å²) in [6.07, 6.45) is 3.39.